The summed E-state index contributed by atoms with van der Waals surface area (Å²) < 4.78 is 0. The lowest BCUT2D eigenvalue weighted by molar-refractivity contribution is -0.127. The number of rotatable bonds is 4. The summed E-state index contributed by atoms with van der Waals surface area (Å²) in [6, 6.07) is 1.78. The number of nitrogens with zero attached hydrogens (tertiary/aromatic N) is 1. The summed E-state index contributed by atoms with van der Waals surface area (Å²) in [7, 11) is 0. The molecule has 0 saturated carbocycles. The van der Waals surface area contributed by atoms with Crippen LogP contribution in [0.1, 0.15) is 13.8 Å². The van der Waals surface area contributed by atoms with E-state index in [9.17, 15) is 9.59 Å². The minimum atomic E-state index is -0.713. The lowest BCUT2D eigenvalue weighted by Gasteiger charge is -2.05. The topological polar surface area (TPSA) is 82.0 Å². The van der Waals surface area contributed by atoms with Crippen molar-refractivity contribution in [3.05, 3.63) is 0 Å². The van der Waals surface area contributed by atoms with E-state index in [-0.39, 0.29) is 12.5 Å². The van der Waals surface area contributed by atoms with Crippen LogP contribution in [-0.2, 0) is 9.59 Å². The molecule has 0 spiro atoms. The maximum Gasteiger partial charge on any atom is 0.239 e. The zero-order valence-electron chi connectivity index (χ0n) is 7.76. The summed E-state index contributed by atoms with van der Waals surface area (Å²) in [5.74, 6) is -1.39. The molecule has 0 fully saturated rings. The highest BCUT2D eigenvalue weighted by Gasteiger charge is 2.11. The minimum Gasteiger partial charge on any atom is -0.355 e. The van der Waals surface area contributed by atoms with Gasteiger partial charge in [-0.05, 0) is 13.8 Å². The normalized spacial score (nSPS) is 11.2. The number of hydrogen-bond donors (Lipinski definition) is 2. The predicted octanol–water partition coefficient (Wildman–Crippen LogP) is -0.602. The van der Waals surface area contributed by atoms with Gasteiger partial charge in [-0.15, -0.1) is 0 Å². The van der Waals surface area contributed by atoms with E-state index in [0.717, 1.165) is 0 Å². The molecule has 0 saturated heterocycles. The van der Waals surface area contributed by atoms with Crippen molar-refractivity contribution in [3.63, 3.8) is 0 Å². The van der Waals surface area contributed by atoms with Gasteiger partial charge < -0.3 is 10.6 Å². The lowest BCUT2D eigenvalue weighted by atomic mass is 10.2. The number of nitrogens with one attached hydrogen (secondary N) is 2. The molecule has 2 amide bonds. The SMILES string of the molecule is CCNC(=O)CNC(=O)C(C)C#N. The second-order valence-corrected chi connectivity index (χ2v) is 2.52. The average molecular weight is 183 g/mol. The number of hydrogen-bond acceptors (Lipinski definition) is 3. The Morgan fingerprint density at radius 3 is 2.54 bits per heavy atom. The maximum absolute atomic E-state index is 11.0. The molecule has 5 nitrogen and oxygen atoms in total. The first-order valence-corrected chi connectivity index (χ1v) is 4.05. The zero-order valence-corrected chi connectivity index (χ0v) is 7.76. The van der Waals surface area contributed by atoms with Gasteiger partial charge in [0, 0.05) is 6.54 Å². The van der Waals surface area contributed by atoms with Gasteiger partial charge in [0.25, 0.3) is 0 Å². The van der Waals surface area contributed by atoms with Crippen molar-refractivity contribution in [2.24, 2.45) is 5.92 Å². The van der Waals surface area contributed by atoms with Gasteiger partial charge in [0.05, 0.1) is 12.6 Å². The van der Waals surface area contributed by atoms with E-state index < -0.39 is 11.8 Å². The molecule has 72 valence electrons. The standard InChI is InChI=1S/C8H13N3O2/c1-3-10-7(12)5-11-8(13)6(2)4-9/h6H,3,5H2,1-2H3,(H,10,12)(H,11,13). The predicted molar refractivity (Wildman–Crippen MR) is 46.5 cm³/mol. The molecule has 0 aliphatic rings. The average Bonchev–Trinajstić information content (AvgIpc) is 2.13. The van der Waals surface area contributed by atoms with Crippen molar-refractivity contribution in [2.45, 2.75) is 13.8 Å². The Hall–Kier alpha value is -1.57. The van der Waals surface area contributed by atoms with Crippen molar-refractivity contribution in [1.29, 1.82) is 5.26 Å². The Morgan fingerprint density at radius 2 is 2.08 bits per heavy atom. The molecular weight excluding hydrogens is 170 g/mol. The van der Waals surface area contributed by atoms with E-state index >= 15 is 0 Å². The van der Waals surface area contributed by atoms with Crippen molar-refractivity contribution in [1.82, 2.24) is 10.6 Å². The molecule has 0 aromatic heterocycles. The van der Waals surface area contributed by atoms with Crippen molar-refractivity contribution in [2.75, 3.05) is 13.1 Å². The van der Waals surface area contributed by atoms with Crippen LogP contribution in [0.25, 0.3) is 0 Å². The molecule has 0 aromatic rings. The van der Waals surface area contributed by atoms with Crippen LogP contribution in [0, 0.1) is 17.2 Å². The summed E-state index contributed by atoms with van der Waals surface area (Å²) >= 11 is 0. The smallest absolute Gasteiger partial charge is 0.239 e. The van der Waals surface area contributed by atoms with Crippen molar-refractivity contribution < 1.29 is 9.59 Å². The van der Waals surface area contributed by atoms with Gasteiger partial charge in [0.15, 0.2) is 0 Å². The van der Waals surface area contributed by atoms with Crippen LogP contribution in [0.5, 0.6) is 0 Å². The van der Waals surface area contributed by atoms with Crippen LogP contribution in [0.3, 0.4) is 0 Å². The van der Waals surface area contributed by atoms with E-state index in [0.29, 0.717) is 6.54 Å². The highest BCUT2D eigenvalue weighted by atomic mass is 16.2. The summed E-state index contributed by atoms with van der Waals surface area (Å²) in [5, 5.41) is 13.2. The zero-order chi connectivity index (χ0) is 10.3. The number of carbonyl (C=O) groups excluding carboxylic acids is 2. The number of nitriles is 1. The van der Waals surface area contributed by atoms with E-state index in [1.54, 1.807) is 13.0 Å². The van der Waals surface area contributed by atoms with Crippen LogP contribution >= 0.6 is 0 Å². The van der Waals surface area contributed by atoms with Crippen LogP contribution < -0.4 is 10.6 Å². The number of amides is 2. The molecule has 0 aromatic carbocycles. The lowest BCUT2D eigenvalue weighted by Crippen LogP contribution is -2.38. The molecule has 0 radical (unpaired) electrons. The van der Waals surface area contributed by atoms with Crippen molar-refractivity contribution >= 4 is 11.8 Å². The van der Waals surface area contributed by atoms with Crippen molar-refractivity contribution in [3.8, 4) is 6.07 Å². The monoisotopic (exact) mass is 183 g/mol. The third kappa shape index (κ3) is 4.80. The summed E-state index contributed by atoms with van der Waals surface area (Å²) in [6.07, 6.45) is 0. The largest absolute Gasteiger partial charge is 0.355 e. The number of carbonyl (C=O) groups is 2. The van der Waals surface area contributed by atoms with Crippen LogP contribution in [0.2, 0.25) is 0 Å². The van der Waals surface area contributed by atoms with E-state index in [1.165, 1.54) is 6.92 Å². The minimum absolute atomic E-state index is 0.0707. The molecule has 0 aliphatic heterocycles. The van der Waals surface area contributed by atoms with E-state index in [2.05, 4.69) is 10.6 Å². The summed E-state index contributed by atoms with van der Waals surface area (Å²) in [4.78, 5) is 21.8. The molecule has 1 unspecified atom stereocenters. The first-order chi connectivity index (χ1) is 6.11. The Bertz CT molecular complexity index is 232. The Labute approximate surface area is 77.1 Å². The first kappa shape index (κ1) is 11.4. The van der Waals surface area contributed by atoms with Crippen LogP contribution in [0.4, 0.5) is 0 Å². The fraction of sp³-hybridized carbons (Fsp3) is 0.625. The molecule has 0 bridgehead atoms. The quantitative estimate of drug-likeness (QED) is 0.610. The summed E-state index contributed by atoms with van der Waals surface area (Å²) in [6.45, 7) is 3.73. The van der Waals surface area contributed by atoms with Crippen LogP contribution in [-0.4, -0.2) is 24.9 Å². The fourth-order valence-electron chi connectivity index (χ4n) is 0.639. The molecule has 0 aliphatic carbocycles. The molecular formula is C8H13N3O2. The van der Waals surface area contributed by atoms with Crippen LogP contribution in [0.15, 0.2) is 0 Å². The van der Waals surface area contributed by atoms with Gasteiger partial charge in [-0.2, -0.15) is 5.26 Å². The Morgan fingerprint density at radius 1 is 1.46 bits per heavy atom. The molecule has 13 heavy (non-hydrogen) atoms. The maximum atomic E-state index is 11.0. The highest BCUT2D eigenvalue weighted by Crippen LogP contribution is 1.89. The molecule has 1 atom stereocenters. The molecule has 0 rings (SSSR count). The fourth-order valence-corrected chi connectivity index (χ4v) is 0.639. The third-order valence-corrected chi connectivity index (χ3v) is 1.38. The van der Waals surface area contributed by atoms with Gasteiger partial charge in [-0.1, -0.05) is 0 Å². The molecule has 5 heteroatoms. The second kappa shape index (κ2) is 6.00. The Kier molecular flexibility index (Phi) is 5.28. The van der Waals surface area contributed by atoms with Gasteiger partial charge in [0.2, 0.25) is 11.8 Å². The van der Waals surface area contributed by atoms with Gasteiger partial charge in [0.1, 0.15) is 5.92 Å². The summed E-state index contributed by atoms with van der Waals surface area (Å²) in [5.41, 5.74) is 0. The van der Waals surface area contributed by atoms with E-state index in [1.807, 2.05) is 0 Å². The van der Waals surface area contributed by atoms with Gasteiger partial charge in [-0.25, -0.2) is 0 Å². The highest BCUT2D eigenvalue weighted by molar-refractivity contribution is 5.86. The Balaban J connectivity index is 3.71. The molecule has 2 N–H and O–H groups in total. The molecule has 0 heterocycles. The first-order valence-electron chi connectivity index (χ1n) is 4.05. The van der Waals surface area contributed by atoms with E-state index in [4.69, 9.17) is 5.26 Å². The second-order valence-electron chi connectivity index (χ2n) is 2.52. The third-order valence-electron chi connectivity index (χ3n) is 1.38. The van der Waals surface area contributed by atoms with Gasteiger partial charge in [-0.3, -0.25) is 9.59 Å². The van der Waals surface area contributed by atoms with Gasteiger partial charge >= 0.3 is 0 Å². The number of likely N-dealkylation sites (N-methyl/N-ethyl adjacent to an activating group) is 1.